The van der Waals surface area contributed by atoms with Crippen LogP contribution in [0.2, 0.25) is 0 Å². The Bertz CT molecular complexity index is 343. The third-order valence-electron chi connectivity index (χ3n) is 3.28. The molecule has 0 amide bonds. The molecule has 4 heteroatoms. The van der Waals surface area contributed by atoms with Crippen LogP contribution in [0.25, 0.3) is 0 Å². The average molecular weight is 238 g/mol. The maximum Gasteiger partial charge on any atom is 0.0960 e. The molecule has 0 spiro atoms. The summed E-state index contributed by atoms with van der Waals surface area (Å²) in [6.45, 7) is 2.81. The fourth-order valence-corrected chi connectivity index (χ4v) is 3.11. The molecule has 3 nitrogen and oxygen atoms in total. The largest absolute Gasteiger partial charge is 0.381 e. The van der Waals surface area contributed by atoms with E-state index in [0.29, 0.717) is 5.92 Å². The van der Waals surface area contributed by atoms with Gasteiger partial charge in [0.25, 0.3) is 0 Å². The van der Waals surface area contributed by atoms with Crippen LogP contribution in [-0.2, 0) is 11.3 Å². The van der Waals surface area contributed by atoms with Gasteiger partial charge in [-0.25, -0.2) is 4.98 Å². The highest BCUT2D eigenvalue weighted by atomic mass is 32.1. The monoisotopic (exact) mass is 238 g/mol. The van der Waals surface area contributed by atoms with Gasteiger partial charge in [-0.15, -0.1) is 11.3 Å². The van der Waals surface area contributed by atoms with Gasteiger partial charge in [-0.05, 0) is 25.7 Å². The predicted molar refractivity (Wildman–Crippen MR) is 64.8 cm³/mol. The Kier molecular flexibility index (Phi) is 3.22. The Morgan fingerprint density at radius 1 is 1.31 bits per heavy atom. The molecule has 0 aromatic carbocycles. The summed E-state index contributed by atoms with van der Waals surface area (Å²) < 4.78 is 5.38. The minimum absolute atomic E-state index is 0.647. The van der Waals surface area contributed by atoms with Gasteiger partial charge in [0.05, 0.1) is 5.01 Å². The highest BCUT2D eigenvalue weighted by Gasteiger charge is 2.22. The zero-order valence-corrected chi connectivity index (χ0v) is 10.3. The molecule has 2 aliphatic rings. The van der Waals surface area contributed by atoms with Gasteiger partial charge >= 0.3 is 0 Å². The van der Waals surface area contributed by atoms with Crippen molar-refractivity contribution in [2.45, 2.75) is 44.2 Å². The summed E-state index contributed by atoms with van der Waals surface area (Å²) in [7, 11) is 0. The van der Waals surface area contributed by atoms with Gasteiger partial charge in [-0.1, -0.05) is 0 Å². The Hall–Kier alpha value is -0.450. The molecule has 1 saturated carbocycles. The summed E-state index contributed by atoms with van der Waals surface area (Å²) in [5, 5.41) is 4.85. The second-order valence-electron chi connectivity index (χ2n) is 4.71. The molecule has 16 heavy (non-hydrogen) atoms. The van der Waals surface area contributed by atoms with Gasteiger partial charge < -0.3 is 10.1 Å². The highest BCUT2D eigenvalue weighted by molar-refractivity contribution is 7.11. The van der Waals surface area contributed by atoms with Crippen LogP contribution in [0.4, 0.5) is 0 Å². The standard InChI is InChI=1S/C12H18N2OS/c1-2-10(1)13-7-11-8-14-12(16-11)9-3-5-15-6-4-9/h8-10,13H,1-7H2. The average Bonchev–Trinajstić information content (AvgIpc) is 3.05. The van der Waals surface area contributed by atoms with Gasteiger partial charge in [0.1, 0.15) is 0 Å². The van der Waals surface area contributed by atoms with Crippen molar-refractivity contribution in [1.29, 1.82) is 0 Å². The molecular weight excluding hydrogens is 220 g/mol. The molecule has 3 rings (SSSR count). The number of hydrogen-bond donors (Lipinski definition) is 1. The van der Waals surface area contributed by atoms with E-state index in [1.165, 1.54) is 22.7 Å². The quantitative estimate of drug-likeness (QED) is 0.874. The lowest BCUT2D eigenvalue weighted by atomic mass is 10.0. The first kappa shape index (κ1) is 10.7. The van der Waals surface area contributed by atoms with Gasteiger partial charge in [-0.2, -0.15) is 0 Å². The molecular formula is C12H18N2OS. The zero-order chi connectivity index (χ0) is 10.8. The van der Waals surface area contributed by atoms with Crippen molar-refractivity contribution >= 4 is 11.3 Å². The van der Waals surface area contributed by atoms with Gasteiger partial charge in [0, 0.05) is 42.8 Å². The molecule has 2 heterocycles. The minimum atomic E-state index is 0.647. The number of hydrogen-bond acceptors (Lipinski definition) is 4. The summed E-state index contributed by atoms with van der Waals surface area (Å²) >= 11 is 1.88. The molecule has 88 valence electrons. The SMILES string of the molecule is c1nc(C2CCOCC2)sc1CNC1CC1. The lowest BCUT2D eigenvalue weighted by molar-refractivity contribution is 0.0853. The Morgan fingerprint density at radius 3 is 2.88 bits per heavy atom. The topological polar surface area (TPSA) is 34.1 Å². The van der Waals surface area contributed by atoms with Crippen molar-refractivity contribution in [3.05, 3.63) is 16.1 Å². The molecule has 0 bridgehead atoms. The molecule has 1 aromatic heterocycles. The Balaban J connectivity index is 1.57. The van der Waals surface area contributed by atoms with Crippen molar-refractivity contribution in [3.8, 4) is 0 Å². The van der Waals surface area contributed by atoms with Gasteiger partial charge in [0.15, 0.2) is 0 Å². The van der Waals surface area contributed by atoms with Crippen LogP contribution in [0.1, 0.15) is 41.5 Å². The first-order valence-electron chi connectivity index (χ1n) is 6.17. The summed E-state index contributed by atoms with van der Waals surface area (Å²) in [4.78, 5) is 5.94. The van der Waals surface area contributed by atoms with E-state index < -0.39 is 0 Å². The third-order valence-corrected chi connectivity index (χ3v) is 4.44. The highest BCUT2D eigenvalue weighted by Crippen LogP contribution is 2.30. The van der Waals surface area contributed by atoms with Gasteiger partial charge in [-0.3, -0.25) is 0 Å². The number of nitrogens with zero attached hydrogens (tertiary/aromatic N) is 1. The van der Waals surface area contributed by atoms with Crippen LogP contribution in [-0.4, -0.2) is 24.2 Å². The first-order chi connectivity index (χ1) is 7.92. The van der Waals surface area contributed by atoms with E-state index in [4.69, 9.17) is 4.74 Å². The van der Waals surface area contributed by atoms with E-state index in [0.717, 1.165) is 38.6 Å². The number of thiazole rings is 1. The van der Waals surface area contributed by atoms with E-state index in [2.05, 4.69) is 10.3 Å². The predicted octanol–water partition coefficient (Wildman–Crippen LogP) is 2.29. The van der Waals surface area contributed by atoms with Crippen molar-refractivity contribution in [2.24, 2.45) is 0 Å². The molecule has 0 atom stereocenters. The van der Waals surface area contributed by atoms with Crippen LogP contribution in [0.3, 0.4) is 0 Å². The third kappa shape index (κ3) is 2.62. The molecule has 1 aliphatic carbocycles. The van der Waals surface area contributed by atoms with Crippen molar-refractivity contribution in [2.75, 3.05) is 13.2 Å². The number of nitrogens with one attached hydrogen (secondary N) is 1. The van der Waals surface area contributed by atoms with Crippen LogP contribution in [0, 0.1) is 0 Å². The lowest BCUT2D eigenvalue weighted by Gasteiger charge is -2.19. The number of aromatic nitrogens is 1. The Morgan fingerprint density at radius 2 is 2.12 bits per heavy atom. The number of ether oxygens (including phenoxy) is 1. The maximum absolute atomic E-state index is 5.38. The summed E-state index contributed by atoms with van der Waals surface area (Å²) in [6, 6.07) is 0.786. The van der Waals surface area contributed by atoms with Crippen LogP contribution in [0.5, 0.6) is 0 Å². The van der Waals surface area contributed by atoms with Crippen LogP contribution in [0.15, 0.2) is 6.20 Å². The molecule has 0 unspecified atom stereocenters. The van der Waals surface area contributed by atoms with Crippen molar-refractivity contribution < 1.29 is 4.74 Å². The second kappa shape index (κ2) is 4.82. The normalized spacial score (nSPS) is 22.5. The van der Waals surface area contributed by atoms with Crippen molar-refractivity contribution in [1.82, 2.24) is 10.3 Å². The van der Waals surface area contributed by atoms with E-state index >= 15 is 0 Å². The van der Waals surface area contributed by atoms with Crippen LogP contribution >= 0.6 is 11.3 Å². The lowest BCUT2D eigenvalue weighted by Crippen LogP contribution is -2.14. The molecule has 1 aliphatic heterocycles. The molecule has 0 radical (unpaired) electrons. The fraction of sp³-hybridized carbons (Fsp3) is 0.750. The summed E-state index contributed by atoms with van der Waals surface area (Å²) in [5.41, 5.74) is 0. The maximum atomic E-state index is 5.38. The molecule has 1 N–H and O–H groups in total. The Labute approximate surface area is 100 Å². The zero-order valence-electron chi connectivity index (χ0n) is 9.45. The van der Waals surface area contributed by atoms with E-state index in [1.54, 1.807) is 0 Å². The minimum Gasteiger partial charge on any atom is -0.381 e. The number of rotatable bonds is 4. The smallest absolute Gasteiger partial charge is 0.0960 e. The fourth-order valence-electron chi connectivity index (χ4n) is 2.07. The van der Waals surface area contributed by atoms with E-state index in [9.17, 15) is 0 Å². The van der Waals surface area contributed by atoms with Gasteiger partial charge in [0.2, 0.25) is 0 Å². The molecule has 1 saturated heterocycles. The summed E-state index contributed by atoms with van der Waals surface area (Å²) in [6.07, 6.45) is 7.04. The van der Waals surface area contributed by atoms with Crippen LogP contribution < -0.4 is 5.32 Å². The second-order valence-corrected chi connectivity index (χ2v) is 5.85. The first-order valence-corrected chi connectivity index (χ1v) is 6.99. The van der Waals surface area contributed by atoms with E-state index in [1.807, 2.05) is 17.5 Å². The summed E-state index contributed by atoms with van der Waals surface area (Å²) in [5.74, 6) is 0.647. The van der Waals surface area contributed by atoms with E-state index in [-0.39, 0.29) is 0 Å². The van der Waals surface area contributed by atoms with Crippen molar-refractivity contribution in [3.63, 3.8) is 0 Å². The molecule has 2 fully saturated rings. The molecule has 1 aromatic rings.